The van der Waals surface area contributed by atoms with Gasteiger partial charge < -0.3 is 15.2 Å². The summed E-state index contributed by atoms with van der Waals surface area (Å²) in [5, 5.41) is 21.6. The normalized spacial score (nSPS) is 10.0. The molecular formula is C18H18N4O4. The van der Waals surface area contributed by atoms with Crippen molar-refractivity contribution >= 4 is 23.4 Å². The highest BCUT2D eigenvalue weighted by atomic mass is 16.5. The Morgan fingerprint density at radius 2 is 1.73 bits per heavy atom. The van der Waals surface area contributed by atoms with Crippen molar-refractivity contribution in [3.63, 3.8) is 0 Å². The number of carbonyl (C=O) groups excluding carboxylic acids is 1. The predicted octanol–water partition coefficient (Wildman–Crippen LogP) is 3.34. The van der Waals surface area contributed by atoms with Crippen molar-refractivity contribution in [3.8, 4) is 5.75 Å². The summed E-state index contributed by atoms with van der Waals surface area (Å²) in [5.41, 5.74) is 8.60. The SMILES string of the molecule is N=NC(=N)COc1ccc(C(=O)Nc2ccc(CCC(=O)O)cc2)cc1. The second-order valence-electron chi connectivity index (χ2n) is 5.42. The van der Waals surface area contributed by atoms with Gasteiger partial charge in [-0.3, -0.25) is 15.0 Å². The number of ether oxygens (including phenoxy) is 1. The van der Waals surface area contributed by atoms with Crippen LogP contribution in [-0.2, 0) is 11.2 Å². The molecule has 8 nitrogen and oxygen atoms in total. The van der Waals surface area contributed by atoms with E-state index >= 15 is 0 Å². The Morgan fingerprint density at radius 3 is 2.31 bits per heavy atom. The average molecular weight is 354 g/mol. The van der Waals surface area contributed by atoms with E-state index < -0.39 is 5.97 Å². The molecule has 8 heteroatoms. The van der Waals surface area contributed by atoms with E-state index in [-0.39, 0.29) is 24.8 Å². The fraction of sp³-hybridized carbons (Fsp3) is 0.167. The van der Waals surface area contributed by atoms with E-state index in [0.29, 0.717) is 23.4 Å². The van der Waals surface area contributed by atoms with Gasteiger partial charge in [-0.25, -0.2) is 5.53 Å². The van der Waals surface area contributed by atoms with Crippen LogP contribution in [0.3, 0.4) is 0 Å². The summed E-state index contributed by atoms with van der Waals surface area (Å²) in [6.07, 6.45) is 0.505. The van der Waals surface area contributed by atoms with Crippen LogP contribution in [0.25, 0.3) is 0 Å². The second kappa shape index (κ2) is 9.07. The van der Waals surface area contributed by atoms with Gasteiger partial charge in [-0.2, -0.15) is 0 Å². The number of carboxylic acids is 1. The number of aliphatic carboxylic acids is 1. The van der Waals surface area contributed by atoms with Crippen LogP contribution in [0.15, 0.2) is 53.6 Å². The number of amides is 1. The summed E-state index contributed by atoms with van der Waals surface area (Å²) in [5.74, 6) is -0.860. The Balaban J connectivity index is 1.91. The largest absolute Gasteiger partial charge is 0.486 e. The Labute approximate surface area is 149 Å². The van der Waals surface area contributed by atoms with Gasteiger partial charge in [-0.1, -0.05) is 12.1 Å². The van der Waals surface area contributed by atoms with Crippen molar-refractivity contribution in [3.05, 3.63) is 59.7 Å². The van der Waals surface area contributed by atoms with Crippen molar-refractivity contribution < 1.29 is 19.4 Å². The summed E-state index contributed by atoms with van der Waals surface area (Å²) in [4.78, 5) is 22.8. The molecule has 2 aromatic rings. The maximum absolute atomic E-state index is 12.2. The van der Waals surface area contributed by atoms with Crippen molar-refractivity contribution in [2.45, 2.75) is 12.8 Å². The molecule has 0 aliphatic rings. The molecule has 0 saturated carbocycles. The number of aryl methyl sites for hydroxylation is 1. The molecule has 26 heavy (non-hydrogen) atoms. The first-order valence-electron chi connectivity index (χ1n) is 7.78. The lowest BCUT2D eigenvalue weighted by molar-refractivity contribution is -0.136. The van der Waals surface area contributed by atoms with Gasteiger partial charge in [0.1, 0.15) is 12.4 Å². The molecule has 0 saturated heterocycles. The maximum Gasteiger partial charge on any atom is 0.303 e. The number of carboxylic acid groups (broad SMARTS) is 1. The van der Waals surface area contributed by atoms with E-state index in [1.807, 2.05) is 0 Å². The third-order valence-corrected chi connectivity index (χ3v) is 3.47. The van der Waals surface area contributed by atoms with E-state index in [9.17, 15) is 9.59 Å². The zero-order chi connectivity index (χ0) is 18.9. The predicted molar refractivity (Wildman–Crippen MR) is 95.2 cm³/mol. The van der Waals surface area contributed by atoms with Gasteiger partial charge in [0, 0.05) is 17.7 Å². The van der Waals surface area contributed by atoms with E-state index in [4.69, 9.17) is 20.8 Å². The molecule has 2 aromatic carbocycles. The highest BCUT2D eigenvalue weighted by Crippen LogP contribution is 2.15. The van der Waals surface area contributed by atoms with Gasteiger partial charge in [0.05, 0.1) is 0 Å². The molecule has 0 aliphatic heterocycles. The number of hydrogen-bond donors (Lipinski definition) is 4. The molecule has 0 fully saturated rings. The topological polar surface area (TPSA) is 136 Å². The molecule has 0 heterocycles. The van der Waals surface area contributed by atoms with Gasteiger partial charge in [0.25, 0.3) is 5.91 Å². The number of carbonyl (C=O) groups is 2. The van der Waals surface area contributed by atoms with E-state index in [1.165, 1.54) is 0 Å². The van der Waals surface area contributed by atoms with Crippen molar-refractivity contribution in [2.24, 2.45) is 5.11 Å². The number of hydrogen-bond acceptors (Lipinski definition) is 5. The van der Waals surface area contributed by atoms with Crippen LogP contribution in [0.1, 0.15) is 22.3 Å². The van der Waals surface area contributed by atoms with Crippen LogP contribution in [0, 0.1) is 10.9 Å². The molecule has 0 atom stereocenters. The molecule has 4 N–H and O–H groups in total. The van der Waals surface area contributed by atoms with Gasteiger partial charge in [-0.15, -0.1) is 5.11 Å². The first-order chi connectivity index (χ1) is 12.5. The third-order valence-electron chi connectivity index (χ3n) is 3.47. The summed E-state index contributed by atoms with van der Waals surface area (Å²) >= 11 is 0. The summed E-state index contributed by atoms with van der Waals surface area (Å²) in [6.45, 7) is -0.108. The Hall–Kier alpha value is -3.55. The van der Waals surface area contributed by atoms with Crippen LogP contribution in [0.2, 0.25) is 0 Å². The summed E-state index contributed by atoms with van der Waals surface area (Å²) in [6, 6.07) is 13.4. The molecule has 0 aliphatic carbocycles. The quantitative estimate of drug-likeness (QED) is 0.328. The van der Waals surface area contributed by atoms with Gasteiger partial charge >= 0.3 is 5.97 Å². The van der Waals surface area contributed by atoms with Gasteiger partial charge in [-0.05, 0) is 48.4 Å². The van der Waals surface area contributed by atoms with E-state index in [2.05, 4.69) is 10.4 Å². The molecule has 134 valence electrons. The van der Waals surface area contributed by atoms with Gasteiger partial charge in [0.15, 0.2) is 5.84 Å². The van der Waals surface area contributed by atoms with E-state index in [1.54, 1.807) is 48.5 Å². The Bertz CT molecular complexity index is 801. The van der Waals surface area contributed by atoms with Crippen LogP contribution in [-0.4, -0.2) is 29.4 Å². The standard InChI is InChI=1S/C18H18N4O4/c19-16(22-20)11-26-15-8-4-13(5-9-15)18(25)21-14-6-1-12(2-7-14)3-10-17(23)24/h1-2,4-9,19-20H,3,10-11H2,(H,21,25)(H,23,24). The van der Waals surface area contributed by atoms with E-state index in [0.717, 1.165) is 5.56 Å². The maximum atomic E-state index is 12.2. The highest BCUT2D eigenvalue weighted by molar-refractivity contribution is 6.04. The minimum atomic E-state index is -0.847. The molecule has 0 spiro atoms. The zero-order valence-corrected chi connectivity index (χ0v) is 13.9. The third kappa shape index (κ3) is 5.82. The summed E-state index contributed by atoms with van der Waals surface area (Å²) < 4.78 is 5.25. The van der Waals surface area contributed by atoms with Crippen LogP contribution in [0.4, 0.5) is 5.69 Å². The fourth-order valence-electron chi connectivity index (χ4n) is 2.10. The first kappa shape index (κ1) is 18.8. The molecule has 0 aromatic heterocycles. The molecule has 0 unspecified atom stereocenters. The lowest BCUT2D eigenvalue weighted by Gasteiger charge is -2.08. The molecule has 0 radical (unpaired) electrons. The highest BCUT2D eigenvalue weighted by Gasteiger charge is 2.07. The lowest BCUT2D eigenvalue weighted by Crippen LogP contribution is -2.12. The number of benzene rings is 2. The monoisotopic (exact) mass is 354 g/mol. The first-order valence-corrected chi connectivity index (χ1v) is 7.78. The number of anilines is 1. The molecular weight excluding hydrogens is 336 g/mol. The van der Waals surface area contributed by atoms with Crippen LogP contribution >= 0.6 is 0 Å². The van der Waals surface area contributed by atoms with Crippen molar-refractivity contribution in [1.29, 1.82) is 10.9 Å². The zero-order valence-electron chi connectivity index (χ0n) is 13.9. The Kier molecular flexibility index (Phi) is 6.55. The Morgan fingerprint density at radius 1 is 1.08 bits per heavy atom. The van der Waals surface area contributed by atoms with Crippen molar-refractivity contribution in [2.75, 3.05) is 11.9 Å². The van der Waals surface area contributed by atoms with Gasteiger partial charge in [0.2, 0.25) is 0 Å². The number of amidine groups is 1. The number of rotatable bonds is 8. The minimum Gasteiger partial charge on any atom is -0.486 e. The fourth-order valence-corrected chi connectivity index (χ4v) is 2.10. The molecule has 0 bridgehead atoms. The minimum absolute atomic E-state index is 0.0650. The number of nitrogens with one attached hydrogen (secondary N) is 3. The average Bonchev–Trinajstić information content (AvgIpc) is 2.65. The number of nitrogens with zero attached hydrogens (tertiary/aromatic N) is 1. The van der Waals surface area contributed by atoms with Crippen LogP contribution in [0.5, 0.6) is 5.75 Å². The molecule has 1 amide bonds. The van der Waals surface area contributed by atoms with Crippen LogP contribution < -0.4 is 10.1 Å². The lowest BCUT2D eigenvalue weighted by atomic mass is 10.1. The smallest absolute Gasteiger partial charge is 0.303 e. The van der Waals surface area contributed by atoms with Crippen molar-refractivity contribution in [1.82, 2.24) is 0 Å². The summed E-state index contributed by atoms with van der Waals surface area (Å²) in [7, 11) is 0. The molecule has 2 rings (SSSR count). The second-order valence-corrected chi connectivity index (χ2v) is 5.42.